The van der Waals surface area contributed by atoms with Crippen LogP contribution in [0.1, 0.15) is 0 Å². The van der Waals surface area contributed by atoms with E-state index in [0.29, 0.717) is 5.58 Å². The van der Waals surface area contributed by atoms with Gasteiger partial charge in [-0.25, -0.2) is 4.79 Å². The van der Waals surface area contributed by atoms with Crippen molar-refractivity contribution in [2.75, 3.05) is 0 Å². The van der Waals surface area contributed by atoms with E-state index in [4.69, 9.17) is 9.52 Å². The lowest BCUT2D eigenvalue weighted by atomic mass is 10.3. The average Bonchev–Trinajstić information content (AvgIpc) is 2.39. The van der Waals surface area contributed by atoms with E-state index in [9.17, 15) is 9.90 Å². The number of fused-ring (bicyclic) bond motifs is 1. The fourth-order valence-corrected chi connectivity index (χ4v) is 1.62. The molecule has 0 fully saturated rings. The molecule has 0 unspecified atom stereocenters. The standard InChI is InChI=1S/C7H4O4S/c8-3-1-2-4-6(5(3)9)12-7(10)11-4/h1-2,8-9H. The molecular weight excluding hydrogens is 180 g/mol. The number of rotatable bonds is 0. The smallest absolute Gasteiger partial charge is 0.396 e. The Morgan fingerprint density at radius 2 is 2.08 bits per heavy atom. The summed E-state index contributed by atoms with van der Waals surface area (Å²) in [6.07, 6.45) is 0. The molecule has 0 saturated carbocycles. The van der Waals surface area contributed by atoms with Crippen molar-refractivity contribution in [1.29, 1.82) is 0 Å². The zero-order valence-corrected chi connectivity index (χ0v) is 6.59. The highest BCUT2D eigenvalue weighted by Gasteiger charge is 2.09. The molecule has 1 aromatic heterocycles. The van der Waals surface area contributed by atoms with Crippen LogP contribution in [-0.4, -0.2) is 10.2 Å². The summed E-state index contributed by atoms with van der Waals surface area (Å²) in [6.45, 7) is 0. The lowest BCUT2D eigenvalue weighted by Gasteiger charge is -1.94. The maximum absolute atomic E-state index is 10.7. The van der Waals surface area contributed by atoms with Gasteiger partial charge in [-0.3, -0.25) is 0 Å². The highest BCUT2D eigenvalue weighted by atomic mass is 32.1. The number of benzene rings is 1. The number of hydrogen-bond donors (Lipinski definition) is 2. The minimum absolute atomic E-state index is 0.250. The van der Waals surface area contributed by atoms with Crippen molar-refractivity contribution in [1.82, 2.24) is 0 Å². The molecule has 2 aromatic rings. The monoisotopic (exact) mass is 184 g/mol. The first-order chi connectivity index (χ1) is 5.68. The largest absolute Gasteiger partial charge is 0.504 e. The Hall–Kier alpha value is -1.49. The number of aromatic hydroxyl groups is 2. The Labute approximate surface area is 70.3 Å². The lowest BCUT2D eigenvalue weighted by Crippen LogP contribution is -1.79. The number of phenolic OH excluding ortho intramolecular Hbond substituents is 2. The van der Waals surface area contributed by atoms with Crippen LogP contribution < -0.4 is 4.94 Å². The molecular formula is C7H4O4S. The second kappa shape index (κ2) is 2.25. The predicted octanol–water partition coefficient (Wildman–Crippen LogP) is 1.27. The van der Waals surface area contributed by atoms with Crippen molar-refractivity contribution in [2.24, 2.45) is 0 Å². The van der Waals surface area contributed by atoms with Crippen LogP contribution in [0.2, 0.25) is 0 Å². The summed E-state index contributed by atoms with van der Waals surface area (Å²) in [5.41, 5.74) is 0.292. The van der Waals surface area contributed by atoms with Crippen molar-refractivity contribution in [3.63, 3.8) is 0 Å². The highest BCUT2D eigenvalue weighted by molar-refractivity contribution is 7.16. The van der Waals surface area contributed by atoms with Crippen molar-refractivity contribution >= 4 is 21.6 Å². The Balaban J connectivity index is 2.99. The topological polar surface area (TPSA) is 70.7 Å². The number of phenols is 2. The van der Waals surface area contributed by atoms with Gasteiger partial charge in [0.15, 0.2) is 17.1 Å². The molecule has 5 heteroatoms. The van der Waals surface area contributed by atoms with Crippen molar-refractivity contribution in [3.05, 3.63) is 21.9 Å². The van der Waals surface area contributed by atoms with E-state index >= 15 is 0 Å². The summed E-state index contributed by atoms with van der Waals surface area (Å²) in [5.74, 6) is -0.553. The van der Waals surface area contributed by atoms with Crippen LogP contribution in [0, 0.1) is 0 Å². The van der Waals surface area contributed by atoms with Crippen LogP contribution in [-0.2, 0) is 0 Å². The molecule has 12 heavy (non-hydrogen) atoms. The zero-order chi connectivity index (χ0) is 8.72. The lowest BCUT2D eigenvalue weighted by molar-refractivity contribution is 0.408. The van der Waals surface area contributed by atoms with E-state index < -0.39 is 4.94 Å². The molecule has 1 aromatic carbocycles. The Morgan fingerprint density at radius 1 is 1.33 bits per heavy atom. The van der Waals surface area contributed by atoms with Gasteiger partial charge in [-0.1, -0.05) is 0 Å². The Morgan fingerprint density at radius 3 is 2.83 bits per heavy atom. The van der Waals surface area contributed by atoms with Crippen LogP contribution in [0.25, 0.3) is 10.3 Å². The van der Waals surface area contributed by atoms with Crippen LogP contribution >= 0.6 is 11.3 Å². The molecule has 0 aliphatic carbocycles. The molecule has 0 aliphatic rings. The van der Waals surface area contributed by atoms with Gasteiger partial charge in [0.05, 0.1) is 0 Å². The third kappa shape index (κ3) is 0.868. The second-order valence-electron chi connectivity index (χ2n) is 2.21. The van der Waals surface area contributed by atoms with Gasteiger partial charge in [-0.15, -0.1) is 0 Å². The van der Waals surface area contributed by atoms with Crippen LogP contribution in [0.3, 0.4) is 0 Å². The first kappa shape index (κ1) is 7.17. The van der Waals surface area contributed by atoms with Gasteiger partial charge in [0, 0.05) is 0 Å². The maximum Gasteiger partial charge on any atom is 0.396 e. The SMILES string of the molecule is O=c1oc2ccc(O)c(O)c2s1. The van der Waals surface area contributed by atoms with Gasteiger partial charge in [-0.2, -0.15) is 0 Å². The quantitative estimate of drug-likeness (QED) is 0.605. The summed E-state index contributed by atoms with van der Waals surface area (Å²) >= 11 is 0.761. The first-order valence-corrected chi connectivity index (χ1v) is 3.95. The fraction of sp³-hybridized carbons (Fsp3) is 0. The van der Waals surface area contributed by atoms with E-state index in [1.807, 2.05) is 0 Å². The van der Waals surface area contributed by atoms with Crippen molar-refractivity contribution in [2.45, 2.75) is 0 Å². The predicted molar refractivity (Wildman–Crippen MR) is 43.7 cm³/mol. The maximum atomic E-state index is 10.7. The van der Waals surface area contributed by atoms with E-state index in [-0.39, 0.29) is 16.2 Å². The van der Waals surface area contributed by atoms with Crippen LogP contribution in [0.4, 0.5) is 0 Å². The Bertz CT molecular complexity index is 482. The van der Waals surface area contributed by atoms with Gasteiger partial charge >= 0.3 is 4.94 Å². The molecule has 0 bridgehead atoms. The van der Waals surface area contributed by atoms with Crippen LogP contribution in [0.15, 0.2) is 21.3 Å². The molecule has 0 aliphatic heterocycles. The summed E-state index contributed by atoms with van der Waals surface area (Å²) in [6, 6.07) is 2.70. The molecule has 0 radical (unpaired) electrons. The van der Waals surface area contributed by atoms with Gasteiger partial charge in [-0.05, 0) is 23.5 Å². The van der Waals surface area contributed by atoms with E-state index in [2.05, 4.69) is 0 Å². The van der Waals surface area contributed by atoms with Crippen molar-refractivity contribution in [3.8, 4) is 11.5 Å². The molecule has 0 atom stereocenters. The summed E-state index contributed by atoms with van der Waals surface area (Å²) < 4.78 is 4.97. The van der Waals surface area contributed by atoms with Gasteiger partial charge < -0.3 is 14.6 Å². The number of hydrogen-bond acceptors (Lipinski definition) is 5. The first-order valence-electron chi connectivity index (χ1n) is 3.13. The molecule has 4 nitrogen and oxygen atoms in total. The van der Waals surface area contributed by atoms with Gasteiger partial charge in [0.25, 0.3) is 0 Å². The minimum Gasteiger partial charge on any atom is -0.504 e. The average molecular weight is 184 g/mol. The fourth-order valence-electron chi connectivity index (χ4n) is 0.915. The van der Waals surface area contributed by atoms with E-state index in [1.54, 1.807) is 0 Å². The molecule has 0 saturated heterocycles. The molecule has 2 rings (SSSR count). The zero-order valence-electron chi connectivity index (χ0n) is 5.77. The van der Waals surface area contributed by atoms with Gasteiger partial charge in [0.2, 0.25) is 0 Å². The van der Waals surface area contributed by atoms with Crippen LogP contribution in [0.5, 0.6) is 11.5 Å². The highest BCUT2D eigenvalue weighted by Crippen LogP contribution is 2.34. The molecule has 0 spiro atoms. The van der Waals surface area contributed by atoms with Crippen molar-refractivity contribution < 1.29 is 14.6 Å². The molecule has 2 N–H and O–H groups in total. The third-order valence-electron chi connectivity index (χ3n) is 1.45. The summed E-state index contributed by atoms with van der Waals surface area (Å²) in [4.78, 5) is 10.2. The Kier molecular flexibility index (Phi) is 1.34. The van der Waals surface area contributed by atoms with Gasteiger partial charge in [0.1, 0.15) is 4.70 Å². The molecule has 1 heterocycles. The normalized spacial score (nSPS) is 10.7. The second-order valence-corrected chi connectivity index (χ2v) is 3.16. The minimum atomic E-state index is -0.495. The van der Waals surface area contributed by atoms with E-state index in [0.717, 1.165) is 11.3 Å². The van der Waals surface area contributed by atoms with E-state index in [1.165, 1.54) is 12.1 Å². The molecule has 0 amide bonds. The summed E-state index contributed by atoms with van der Waals surface area (Å²) in [5, 5.41) is 18.3. The molecule has 62 valence electrons. The summed E-state index contributed by atoms with van der Waals surface area (Å²) in [7, 11) is 0. The third-order valence-corrected chi connectivity index (χ3v) is 2.30.